The summed E-state index contributed by atoms with van der Waals surface area (Å²) in [5.74, 6) is -0.623. The molecular weight excluding hydrogens is 276 g/mol. The van der Waals surface area contributed by atoms with Gasteiger partial charge in [0.25, 0.3) is 5.91 Å². The van der Waals surface area contributed by atoms with E-state index in [2.05, 4.69) is 10.6 Å². The number of nitrogens with one attached hydrogen (secondary N) is 2. The van der Waals surface area contributed by atoms with Gasteiger partial charge in [-0.3, -0.25) is 9.59 Å². The van der Waals surface area contributed by atoms with Gasteiger partial charge in [-0.25, -0.2) is 0 Å². The van der Waals surface area contributed by atoms with Crippen LogP contribution in [0.2, 0.25) is 5.02 Å². The van der Waals surface area contributed by atoms with Crippen molar-refractivity contribution in [2.75, 3.05) is 11.9 Å². The molecule has 0 saturated carbocycles. The summed E-state index contributed by atoms with van der Waals surface area (Å²) in [6.45, 7) is -0.112. The van der Waals surface area contributed by atoms with Crippen molar-refractivity contribution in [3.05, 3.63) is 65.2 Å². The molecule has 0 aliphatic carbocycles. The Labute approximate surface area is 121 Å². The summed E-state index contributed by atoms with van der Waals surface area (Å²) in [4.78, 5) is 23.5. The van der Waals surface area contributed by atoms with Crippen LogP contribution in [0.25, 0.3) is 0 Å². The van der Waals surface area contributed by atoms with E-state index >= 15 is 0 Å². The molecule has 0 aromatic heterocycles. The van der Waals surface area contributed by atoms with Crippen LogP contribution in [0.15, 0.2) is 54.6 Å². The molecule has 102 valence electrons. The maximum Gasteiger partial charge on any atom is 0.251 e. The van der Waals surface area contributed by atoms with Gasteiger partial charge in [0.2, 0.25) is 5.91 Å². The minimum atomic E-state index is -0.331. The zero-order chi connectivity index (χ0) is 14.4. The van der Waals surface area contributed by atoms with Crippen molar-refractivity contribution in [1.82, 2.24) is 5.32 Å². The molecule has 20 heavy (non-hydrogen) atoms. The largest absolute Gasteiger partial charge is 0.343 e. The van der Waals surface area contributed by atoms with Gasteiger partial charge in [-0.2, -0.15) is 0 Å². The van der Waals surface area contributed by atoms with E-state index in [9.17, 15) is 9.59 Å². The van der Waals surface area contributed by atoms with E-state index in [0.717, 1.165) is 0 Å². The average Bonchev–Trinajstić information content (AvgIpc) is 2.48. The van der Waals surface area contributed by atoms with Gasteiger partial charge < -0.3 is 10.6 Å². The maximum atomic E-state index is 11.8. The highest BCUT2D eigenvalue weighted by Crippen LogP contribution is 2.19. The molecule has 2 amide bonds. The molecule has 0 atom stereocenters. The van der Waals surface area contributed by atoms with E-state index in [0.29, 0.717) is 16.3 Å². The number of benzene rings is 2. The maximum absolute atomic E-state index is 11.8. The number of hydrogen-bond acceptors (Lipinski definition) is 2. The highest BCUT2D eigenvalue weighted by molar-refractivity contribution is 6.33. The third kappa shape index (κ3) is 3.83. The Kier molecular flexibility index (Phi) is 4.74. The Morgan fingerprint density at radius 3 is 2.30 bits per heavy atom. The standard InChI is InChI=1S/C15H13ClN2O2/c16-12-8-4-5-9-13(12)18-14(19)10-17-15(20)11-6-2-1-3-7-11/h1-9H,10H2,(H,17,20)(H,18,19). The van der Waals surface area contributed by atoms with Crippen molar-refractivity contribution in [1.29, 1.82) is 0 Å². The molecular formula is C15H13ClN2O2. The Balaban J connectivity index is 1.87. The highest BCUT2D eigenvalue weighted by atomic mass is 35.5. The number of hydrogen-bond donors (Lipinski definition) is 2. The molecule has 0 aliphatic rings. The van der Waals surface area contributed by atoms with Gasteiger partial charge in [0.15, 0.2) is 0 Å². The molecule has 0 unspecified atom stereocenters. The van der Waals surface area contributed by atoms with Crippen molar-refractivity contribution in [2.24, 2.45) is 0 Å². The van der Waals surface area contributed by atoms with Gasteiger partial charge in [-0.1, -0.05) is 41.9 Å². The number of anilines is 1. The van der Waals surface area contributed by atoms with Gasteiger partial charge in [-0.15, -0.1) is 0 Å². The summed E-state index contributed by atoms with van der Waals surface area (Å²) in [6, 6.07) is 15.6. The lowest BCUT2D eigenvalue weighted by atomic mass is 10.2. The fraction of sp³-hybridized carbons (Fsp3) is 0.0667. The zero-order valence-corrected chi connectivity index (χ0v) is 11.4. The number of carbonyl (C=O) groups is 2. The minimum absolute atomic E-state index is 0.112. The molecule has 4 nitrogen and oxygen atoms in total. The van der Waals surface area contributed by atoms with Gasteiger partial charge in [0.05, 0.1) is 17.3 Å². The number of carbonyl (C=O) groups excluding carboxylic acids is 2. The summed E-state index contributed by atoms with van der Waals surface area (Å²) in [6.07, 6.45) is 0. The topological polar surface area (TPSA) is 58.2 Å². The van der Waals surface area contributed by atoms with Crippen LogP contribution in [-0.2, 0) is 4.79 Å². The zero-order valence-electron chi connectivity index (χ0n) is 10.6. The Bertz CT molecular complexity index is 614. The summed E-state index contributed by atoms with van der Waals surface area (Å²) >= 11 is 5.92. The molecule has 2 aromatic rings. The molecule has 0 radical (unpaired) electrons. The van der Waals surface area contributed by atoms with Gasteiger partial charge in [0.1, 0.15) is 0 Å². The Morgan fingerprint density at radius 2 is 1.60 bits per heavy atom. The average molecular weight is 289 g/mol. The molecule has 0 bridgehead atoms. The summed E-state index contributed by atoms with van der Waals surface area (Å²) in [5.41, 5.74) is 1.03. The van der Waals surface area contributed by atoms with Crippen molar-refractivity contribution in [2.45, 2.75) is 0 Å². The second-order valence-electron chi connectivity index (χ2n) is 4.08. The molecule has 2 aromatic carbocycles. The monoisotopic (exact) mass is 288 g/mol. The lowest BCUT2D eigenvalue weighted by Gasteiger charge is -2.08. The van der Waals surface area contributed by atoms with E-state index < -0.39 is 0 Å². The second-order valence-corrected chi connectivity index (χ2v) is 4.48. The van der Waals surface area contributed by atoms with Crippen molar-refractivity contribution < 1.29 is 9.59 Å². The van der Waals surface area contributed by atoms with Gasteiger partial charge >= 0.3 is 0 Å². The lowest BCUT2D eigenvalue weighted by Crippen LogP contribution is -2.32. The molecule has 0 spiro atoms. The highest BCUT2D eigenvalue weighted by Gasteiger charge is 2.08. The normalized spacial score (nSPS) is 9.85. The molecule has 0 aliphatic heterocycles. The molecule has 2 N–H and O–H groups in total. The van der Waals surface area contributed by atoms with Crippen LogP contribution in [0.5, 0.6) is 0 Å². The summed E-state index contributed by atoms with van der Waals surface area (Å²) in [5, 5.41) is 5.63. The third-order valence-electron chi connectivity index (χ3n) is 2.59. The van der Waals surface area contributed by atoms with Gasteiger partial charge in [0, 0.05) is 5.56 Å². The van der Waals surface area contributed by atoms with Crippen LogP contribution >= 0.6 is 11.6 Å². The predicted molar refractivity (Wildman–Crippen MR) is 78.9 cm³/mol. The third-order valence-corrected chi connectivity index (χ3v) is 2.92. The fourth-order valence-corrected chi connectivity index (χ4v) is 1.79. The Morgan fingerprint density at radius 1 is 0.950 bits per heavy atom. The first-order valence-corrected chi connectivity index (χ1v) is 6.42. The van der Waals surface area contributed by atoms with Crippen molar-refractivity contribution >= 4 is 29.1 Å². The Hall–Kier alpha value is -2.33. The first kappa shape index (κ1) is 14.1. The van der Waals surface area contributed by atoms with E-state index in [-0.39, 0.29) is 18.4 Å². The van der Waals surface area contributed by atoms with E-state index in [1.165, 1.54) is 0 Å². The van der Waals surface area contributed by atoms with E-state index in [1.54, 1.807) is 48.5 Å². The van der Waals surface area contributed by atoms with Crippen LogP contribution in [0.4, 0.5) is 5.69 Å². The molecule has 0 saturated heterocycles. The van der Waals surface area contributed by atoms with Crippen molar-refractivity contribution in [3.63, 3.8) is 0 Å². The number of amides is 2. The van der Waals surface area contributed by atoms with E-state index in [4.69, 9.17) is 11.6 Å². The quantitative estimate of drug-likeness (QED) is 0.909. The van der Waals surface area contributed by atoms with Crippen molar-refractivity contribution in [3.8, 4) is 0 Å². The van der Waals surface area contributed by atoms with Crippen LogP contribution in [-0.4, -0.2) is 18.4 Å². The number of rotatable bonds is 4. The van der Waals surface area contributed by atoms with Crippen LogP contribution < -0.4 is 10.6 Å². The number of para-hydroxylation sites is 1. The minimum Gasteiger partial charge on any atom is -0.343 e. The SMILES string of the molecule is O=C(CNC(=O)c1ccccc1)Nc1ccccc1Cl. The number of halogens is 1. The van der Waals surface area contributed by atoms with E-state index in [1.807, 2.05) is 6.07 Å². The predicted octanol–water partition coefficient (Wildman–Crippen LogP) is 2.71. The molecule has 0 heterocycles. The van der Waals surface area contributed by atoms with Crippen LogP contribution in [0.3, 0.4) is 0 Å². The summed E-state index contributed by atoms with van der Waals surface area (Å²) < 4.78 is 0. The second kappa shape index (κ2) is 6.73. The summed E-state index contributed by atoms with van der Waals surface area (Å²) in [7, 11) is 0. The van der Waals surface area contributed by atoms with Crippen LogP contribution in [0, 0.1) is 0 Å². The first-order chi connectivity index (χ1) is 9.66. The first-order valence-electron chi connectivity index (χ1n) is 6.04. The lowest BCUT2D eigenvalue weighted by molar-refractivity contribution is -0.115. The molecule has 5 heteroatoms. The molecule has 0 fully saturated rings. The smallest absolute Gasteiger partial charge is 0.251 e. The van der Waals surface area contributed by atoms with Crippen LogP contribution in [0.1, 0.15) is 10.4 Å². The molecule has 2 rings (SSSR count). The van der Waals surface area contributed by atoms with Gasteiger partial charge in [-0.05, 0) is 24.3 Å². The fourth-order valence-electron chi connectivity index (χ4n) is 1.61.